The highest BCUT2D eigenvalue weighted by atomic mass is 32.2. The van der Waals surface area contributed by atoms with Crippen LogP contribution in [0.3, 0.4) is 0 Å². The molecular formula is C12H18N4O3S2. The van der Waals surface area contributed by atoms with Gasteiger partial charge in [0.2, 0.25) is 5.95 Å². The van der Waals surface area contributed by atoms with Crippen LogP contribution in [0.4, 0.5) is 5.95 Å². The van der Waals surface area contributed by atoms with Crippen LogP contribution < -0.4 is 5.32 Å². The molecule has 21 heavy (non-hydrogen) atoms. The Bertz CT molecular complexity index is 648. The van der Waals surface area contributed by atoms with Gasteiger partial charge in [0.15, 0.2) is 9.84 Å². The molecule has 0 aliphatic carbocycles. The number of aryl methyl sites for hydroxylation is 1. The number of nitrogens with one attached hydrogen (secondary N) is 1. The molecule has 0 saturated carbocycles. The third-order valence-electron chi connectivity index (χ3n) is 3.14. The first-order chi connectivity index (χ1) is 9.82. The highest BCUT2D eigenvalue weighted by molar-refractivity contribution is 8.00. The van der Waals surface area contributed by atoms with Crippen LogP contribution in [0.1, 0.15) is 16.2 Å². The molecular weight excluding hydrogens is 312 g/mol. The summed E-state index contributed by atoms with van der Waals surface area (Å²) < 4.78 is 23.7. The van der Waals surface area contributed by atoms with Crippen molar-refractivity contribution in [2.45, 2.75) is 12.3 Å². The summed E-state index contributed by atoms with van der Waals surface area (Å²) in [6, 6.07) is 1.57. The van der Waals surface area contributed by atoms with Gasteiger partial charge in [-0.05, 0) is 13.0 Å². The number of anilines is 1. The molecule has 0 spiro atoms. The van der Waals surface area contributed by atoms with E-state index in [1.165, 1.54) is 16.7 Å². The van der Waals surface area contributed by atoms with Gasteiger partial charge in [-0.2, -0.15) is 11.8 Å². The molecule has 1 fully saturated rings. The predicted molar refractivity (Wildman–Crippen MR) is 83.3 cm³/mol. The summed E-state index contributed by atoms with van der Waals surface area (Å²) in [6.07, 6.45) is 1.16. The van der Waals surface area contributed by atoms with E-state index in [9.17, 15) is 13.2 Å². The molecule has 2 heterocycles. The van der Waals surface area contributed by atoms with Gasteiger partial charge in [-0.3, -0.25) is 4.79 Å². The van der Waals surface area contributed by atoms with Gasteiger partial charge in [-0.15, -0.1) is 0 Å². The van der Waals surface area contributed by atoms with Gasteiger partial charge in [0.25, 0.3) is 5.91 Å². The molecule has 1 atom stereocenters. The highest BCUT2D eigenvalue weighted by Gasteiger charge is 2.35. The summed E-state index contributed by atoms with van der Waals surface area (Å²) >= 11 is 1.54. The number of nitrogens with zero attached hydrogens (tertiary/aromatic N) is 3. The Balaban J connectivity index is 2.35. The number of carbonyl (C=O) groups is 1. The molecule has 9 heteroatoms. The number of rotatable bonds is 3. The maximum absolute atomic E-state index is 12.6. The second-order valence-electron chi connectivity index (χ2n) is 4.83. The van der Waals surface area contributed by atoms with Crippen molar-refractivity contribution in [3.63, 3.8) is 0 Å². The van der Waals surface area contributed by atoms with Crippen molar-refractivity contribution >= 4 is 33.5 Å². The minimum Gasteiger partial charge on any atom is -0.357 e. The fourth-order valence-electron chi connectivity index (χ4n) is 2.11. The molecule has 1 saturated heterocycles. The second kappa shape index (κ2) is 6.18. The highest BCUT2D eigenvalue weighted by Crippen LogP contribution is 2.22. The maximum Gasteiger partial charge on any atom is 0.273 e. The predicted octanol–water partition coefficient (Wildman–Crippen LogP) is 0.386. The van der Waals surface area contributed by atoms with Gasteiger partial charge in [0.1, 0.15) is 11.1 Å². The Morgan fingerprint density at radius 2 is 2.19 bits per heavy atom. The van der Waals surface area contributed by atoms with Crippen LogP contribution in [0.15, 0.2) is 6.07 Å². The minimum atomic E-state index is -3.33. The molecule has 1 amide bonds. The Kier molecular flexibility index (Phi) is 4.72. The normalized spacial score (nSPS) is 19.4. The SMILES string of the molecule is CNc1nc(C)cc(C(=O)N2CCSCC2S(C)(=O)=O)n1. The third kappa shape index (κ3) is 3.65. The van der Waals surface area contributed by atoms with E-state index in [0.29, 0.717) is 23.9 Å². The maximum atomic E-state index is 12.6. The topological polar surface area (TPSA) is 92.3 Å². The number of hydrogen-bond donors (Lipinski definition) is 1. The van der Waals surface area contributed by atoms with Crippen molar-refractivity contribution in [3.8, 4) is 0 Å². The van der Waals surface area contributed by atoms with E-state index < -0.39 is 15.2 Å². The van der Waals surface area contributed by atoms with Gasteiger partial charge in [0.05, 0.1) is 0 Å². The van der Waals surface area contributed by atoms with Crippen molar-refractivity contribution in [1.29, 1.82) is 0 Å². The van der Waals surface area contributed by atoms with E-state index in [-0.39, 0.29) is 11.6 Å². The summed E-state index contributed by atoms with van der Waals surface area (Å²) in [4.78, 5) is 22.3. The molecule has 0 bridgehead atoms. The monoisotopic (exact) mass is 330 g/mol. The summed E-state index contributed by atoms with van der Waals surface area (Å²) in [5, 5.41) is 2.00. The average molecular weight is 330 g/mol. The zero-order valence-electron chi connectivity index (χ0n) is 12.2. The Labute approximate surface area is 128 Å². The number of amides is 1. The lowest BCUT2D eigenvalue weighted by Crippen LogP contribution is -2.50. The van der Waals surface area contributed by atoms with E-state index in [2.05, 4.69) is 15.3 Å². The lowest BCUT2D eigenvalue weighted by Gasteiger charge is -2.33. The van der Waals surface area contributed by atoms with Crippen LogP contribution in [0.25, 0.3) is 0 Å². The first-order valence-electron chi connectivity index (χ1n) is 6.44. The molecule has 1 N–H and O–H groups in total. The minimum absolute atomic E-state index is 0.215. The second-order valence-corrected chi connectivity index (χ2v) is 8.18. The molecule has 1 aromatic rings. The van der Waals surface area contributed by atoms with Crippen LogP contribution in [-0.4, -0.2) is 65.9 Å². The quantitative estimate of drug-likeness (QED) is 0.857. The van der Waals surface area contributed by atoms with Crippen molar-refractivity contribution in [3.05, 3.63) is 17.5 Å². The van der Waals surface area contributed by atoms with E-state index in [0.717, 1.165) is 12.0 Å². The van der Waals surface area contributed by atoms with Gasteiger partial charge >= 0.3 is 0 Å². The van der Waals surface area contributed by atoms with E-state index in [1.807, 2.05) is 0 Å². The largest absolute Gasteiger partial charge is 0.357 e. The average Bonchev–Trinajstić information content (AvgIpc) is 2.45. The van der Waals surface area contributed by atoms with Crippen molar-refractivity contribution in [2.24, 2.45) is 0 Å². The first-order valence-corrected chi connectivity index (χ1v) is 9.55. The molecule has 1 unspecified atom stereocenters. The number of thioether (sulfide) groups is 1. The fourth-order valence-corrected chi connectivity index (χ4v) is 4.92. The van der Waals surface area contributed by atoms with Crippen molar-refractivity contribution in [2.75, 3.05) is 36.7 Å². The lowest BCUT2D eigenvalue weighted by atomic mass is 10.3. The molecule has 1 aliphatic heterocycles. The summed E-state index contributed by atoms with van der Waals surface area (Å²) in [5.41, 5.74) is 0.868. The summed E-state index contributed by atoms with van der Waals surface area (Å²) in [7, 11) is -1.66. The van der Waals surface area contributed by atoms with E-state index in [1.54, 1.807) is 20.0 Å². The van der Waals surface area contributed by atoms with Crippen LogP contribution in [0.5, 0.6) is 0 Å². The van der Waals surface area contributed by atoms with Crippen LogP contribution in [0, 0.1) is 6.92 Å². The summed E-state index contributed by atoms with van der Waals surface area (Å²) in [5.74, 6) is 1.10. The molecule has 0 aromatic carbocycles. The van der Waals surface area contributed by atoms with Gasteiger partial charge in [-0.1, -0.05) is 0 Å². The number of hydrogen-bond acceptors (Lipinski definition) is 7. The van der Waals surface area contributed by atoms with Gasteiger partial charge < -0.3 is 10.2 Å². The van der Waals surface area contributed by atoms with Crippen molar-refractivity contribution in [1.82, 2.24) is 14.9 Å². The van der Waals surface area contributed by atoms with Gasteiger partial charge in [-0.25, -0.2) is 18.4 Å². The lowest BCUT2D eigenvalue weighted by molar-refractivity contribution is 0.0743. The Morgan fingerprint density at radius 3 is 2.81 bits per heavy atom. The van der Waals surface area contributed by atoms with Crippen LogP contribution >= 0.6 is 11.8 Å². The third-order valence-corrected chi connectivity index (χ3v) is 5.78. The van der Waals surface area contributed by atoms with E-state index >= 15 is 0 Å². The smallest absolute Gasteiger partial charge is 0.273 e. The van der Waals surface area contributed by atoms with Gasteiger partial charge in [0, 0.05) is 37.0 Å². The molecule has 116 valence electrons. The molecule has 1 aromatic heterocycles. The standard InChI is InChI=1S/C12H18N4O3S2/c1-8-6-9(15-12(13-2)14-8)11(17)16-4-5-20-7-10(16)21(3,18)19/h6,10H,4-5,7H2,1-3H3,(H,13,14,15). The van der Waals surface area contributed by atoms with Crippen LogP contribution in [-0.2, 0) is 9.84 Å². The number of carbonyl (C=O) groups excluding carboxylic acids is 1. The Morgan fingerprint density at radius 1 is 1.48 bits per heavy atom. The number of aromatic nitrogens is 2. The van der Waals surface area contributed by atoms with E-state index in [4.69, 9.17) is 0 Å². The first kappa shape index (κ1) is 16.0. The molecule has 7 nitrogen and oxygen atoms in total. The van der Waals surface area contributed by atoms with Crippen LogP contribution in [0.2, 0.25) is 0 Å². The summed E-state index contributed by atoms with van der Waals surface area (Å²) in [6.45, 7) is 2.17. The molecule has 0 radical (unpaired) electrons. The molecule has 2 rings (SSSR count). The zero-order chi connectivity index (χ0) is 15.6. The fraction of sp³-hybridized carbons (Fsp3) is 0.583. The number of sulfone groups is 1. The van der Waals surface area contributed by atoms with Crippen molar-refractivity contribution < 1.29 is 13.2 Å². The molecule has 1 aliphatic rings. The zero-order valence-corrected chi connectivity index (χ0v) is 13.8. The Hall–Kier alpha value is -1.35.